The normalized spacial score (nSPS) is 26.6. The summed E-state index contributed by atoms with van der Waals surface area (Å²) in [5.74, 6) is -0.154. The molecule has 3 heteroatoms. The van der Waals surface area contributed by atoms with E-state index in [4.69, 9.17) is 5.73 Å². The Morgan fingerprint density at radius 1 is 1.50 bits per heavy atom. The lowest BCUT2D eigenvalue weighted by Crippen LogP contribution is -2.44. The summed E-state index contributed by atoms with van der Waals surface area (Å²) in [6.07, 6.45) is 4.53. The van der Waals surface area contributed by atoms with Gasteiger partial charge < -0.3 is 5.73 Å². The molecule has 0 bridgehead atoms. The van der Waals surface area contributed by atoms with Crippen LogP contribution in [0.2, 0.25) is 0 Å². The van der Waals surface area contributed by atoms with Gasteiger partial charge in [-0.1, -0.05) is 19.8 Å². The van der Waals surface area contributed by atoms with Gasteiger partial charge in [0, 0.05) is 0 Å². The number of likely N-dealkylation sites (tertiary alicyclic amines) is 1. The fourth-order valence-corrected chi connectivity index (χ4v) is 1.87. The number of nitrogens with zero attached hydrogens (tertiary/aromatic N) is 1. The lowest BCUT2D eigenvalue weighted by atomic mass is 10.1. The van der Waals surface area contributed by atoms with Crippen molar-refractivity contribution in [1.82, 2.24) is 4.90 Å². The summed E-state index contributed by atoms with van der Waals surface area (Å²) in [5, 5.41) is 0. The van der Waals surface area contributed by atoms with Gasteiger partial charge in [-0.05, 0) is 25.9 Å². The van der Waals surface area contributed by atoms with Crippen LogP contribution < -0.4 is 5.73 Å². The molecule has 0 aromatic rings. The fourth-order valence-electron chi connectivity index (χ4n) is 1.87. The molecule has 70 valence electrons. The average Bonchev–Trinajstić information content (AvgIpc) is 2.27. The number of carbonyl (C=O) groups excluding carboxylic acids is 1. The standard InChI is InChI=1S/C9H18N2O/c1-2-11-7-5-3-4-6-8(11)9(10)12/h8H,2-7H2,1H3,(H2,10,12). The highest BCUT2D eigenvalue weighted by atomic mass is 16.1. The molecular weight excluding hydrogens is 152 g/mol. The van der Waals surface area contributed by atoms with Crippen molar-refractivity contribution in [1.29, 1.82) is 0 Å². The molecular formula is C9H18N2O. The van der Waals surface area contributed by atoms with Gasteiger partial charge in [0.25, 0.3) is 0 Å². The number of hydrogen-bond acceptors (Lipinski definition) is 2. The summed E-state index contributed by atoms with van der Waals surface area (Å²) in [7, 11) is 0. The zero-order valence-corrected chi connectivity index (χ0v) is 7.75. The van der Waals surface area contributed by atoms with Crippen molar-refractivity contribution < 1.29 is 4.79 Å². The van der Waals surface area contributed by atoms with Crippen LogP contribution >= 0.6 is 0 Å². The van der Waals surface area contributed by atoms with Crippen LogP contribution in [-0.4, -0.2) is 29.9 Å². The second-order valence-corrected chi connectivity index (χ2v) is 3.40. The molecule has 1 unspecified atom stereocenters. The Labute approximate surface area is 73.9 Å². The molecule has 12 heavy (non-hydrogen) atoms. The Morgan fingerprint density at radius 3 is 2.83 bits per heavy atom. The van der Waals surface area contributed by atoms with Crippen LogP contribution in [-0.2, 0) is 4.79 Å². The first-order valence-corrected chi connectivity index (χ1v) is 4.79. The van der Waals surface area contributed by atoms with E-state index in [0.717, 1.165) is 25.9 Å². The summed E-state index contributed by atoms with van der Waals surface area (Å²) in [6, 6.07) is -0.00231. The summed E-state index contributed by atoms with van der Waals surface area (Å²) in [4.78, 5) is 13.2. The minimum absolute atomic E-state index is 0.00231. The van der Waals surface area contributed by atoms with Crippen molar-refractivity contribution in [2.24, 2.45) is 5.73 Å². The highest BCUT2D eigenvalue weighted by molar-refractivity contribution is 5.79. The molecule has 0 aromatic carbocycles. The third kappa shape index (κ3) is 2.21. The summed E-state index contributed by atoms with van der Waals surface area (Å²) < 4.78 is 0. The Hall–Kier alpha value is -0.570. The van der Waals surface area contributed by atoms with Crippen molar-refractivity contribution in [2.45, 2.75) is 38.6 Å². The fraction of sp³-hybridized carbons (Fsp3) is 0.889. The minimum atomic E-state index is -0.154. The van der Waals surface area contributed by atoms with Crippen LogP contribution in [0.25, 0.3) is 0 Å². The van der Waals surface area contributed by atoms with Crippen LogP contribution in [0.5, 0.6) is 0 Å². The number of carbonyl (C=O) groups is 1. The van der Waals surface area contributed by atoms with Gasteiger partial charge in [-0.25, -0.2) is 0 Å². The van der Waals surface area contributed by atoms with Gasteiger partial charge in [-0.15, -0.1) is 0 Å². The second-order valence-electron chi connectivity index (χ2n) is 3.40. The van der Waals surface area contributed by atoms with Gasteiger partial charge in [-0.3, -0.25) is 9.69 Å². The smallest absolute Gasteiger partial charge is 0.234 e. The minimum Gasteiger partial charge on any atom is -0.368 e. The van der Waals surface area contributed by atoms with Crippen molar-refractivity contribution in [3.8, 4) is 0 Å². The van der Waals surface area contributed by atoms with Crippen molar-refractivity contribution in [3.05, 3.63) is 0 Å². The maximum absolute atomic E-state index is 11.1. The lowest BCUT2D eigenvalue weighted by molar-refractivity contribution is -0.123. The molecule has 1 heterocycles. The molecule has 1 rings (SSSR count). The number of primary amides is 1. The maximum Gasteiger partial charge on any atom is 0.234 e. The quantitative estimate of drug-likeness (QED) is 0.664. The van der Waals surface area contributed by atoms with Gasteiger partial charge in [0.05, 0.1) is 6.04 Å². The van der Waals surface area contributed by atoms with Crippen LogP contribution in [0.3, 0.4) is 0 Å². The van der Waals surface area contributed by atoms with Crippen LogP contribution in [0.1, 0.15) is 32.6 Å². The van der Waals surface area contributed by atoms with E-state index in [1.165, 1.54) is 12.8 Å². The van der Waals surface area contributed by atoms with Crippen LogP contribution in [0.4, 0.5) is 0 Å². The van der Waals surface area contributed by atoms with E-state index in [1.807, 2.05) is 0 Å². The van der Waals surface area contributed by atoms with Crippen molar-refractivity contribution in [3.63, 3.8) is 0 Å². The Balaban J connectivity index is 2.57. The van der Waals surface area contributed by atoms with Gasteiger partial charge in [0.1, 0.15) is 0 Å². The Kier molecular flexibility index (Phi) is 3.53. The zero-order valence-electron chi connectivity index (χ0n) is 7.75. The SMILES string of the molecule is CCN1CCCCCC1C(N)=O. The molecule has 3 nitrogen and oxygen atoms in total. The topological polar surface area (TPSA) is 46.3 Å². The molecule has 0 aromatic heterocycles. The molecule has 0 radical (unpaired) electrons. The predicted octanol–water partition coefficient (Wildman–Crippen LogP) is 0.736. The lowest BCUT2D eigenvalue weighted by Gasteiger charge is -2.25. The first kappa shape index (κ1) is 9.52. The molecule has 2 N–H and O–H groups in total. The molecule has 0 saturated carbocycles. The second kappa shape index (κ2) is 4.45. The molecule has 1 amide bonds. The van der Waals surface area contributed by atoms with E-state index in [0.29, 0.717) is 0 Å². The third-order valence-electron chi connectivity index (χ3n) is 2.60. The largest absolute Gasteiger partial charge is 0.368 e. The monoisotopic (exact) mass is 170 g/mol. The zero-order chi connectivity index (χ0) is 8.97. The summed E-state index contributed by atoms with van der Waals surface area (Å²) in [6.45, 7) is 4.05. The average molecular weight is 170 g/mol. The van der Waals surface area contributed by atoms with Crippen LogP contribution in [0, 0.1) is 0 Å². The number of likely N-dealkylation sites (N-methyl/N-ethyl adjacent to an activating group) is 1. The number of amides is 1. The van der Waals surface area contributed by atoms with Crippen molar-refractivity contribution >= 4 is 5.91 Å². The molecule has 0 spiro atoms. The molecule has 1 saturated heterocycles. The van der Waals surface area contributed by atoms with Crippen LogP contribution in [0.15, 0.2) is 0 Å². The Morgan fingerprint density at radius 2 is 2.25 bits per heavy atom. The molecule has 1 fully saturated rings. The number of rotatable bonds is 2. The van der Waals surface area contributed by atoms with Crippen molar-refractivity contribution in [2.75, 3.05) is 13.1 Å². The first-order valence-electron chi connectivity index (χ1n) is 4.79. The van der Waals surface area contributed by atoms with E-state index < -0.39 is 0 Å². The van der Waals surface area contributed by atoms with Gasteiger partial charge in [-0.2, -0.15) is 0 Å². The summed E-state index contributed by atoms with van der Waals surface area (Å²) >= 11 is 0. The van der Waals surface area contributed by atoms with E-state index in [2.05, 4.69) is 11.8 Å². The number of nitrogens with two attached hydrogens (primary N) is 1. The maximum atomic E-state index is 11.1. The van der Waals surface area contributed by atoms with Gasteiger partial charge in [0.2, 0.25) is 5.91 Å². The first-order chi connectivity index (χ1) is 5.75. The van der Waals surface area contributed by atoms with E-state index >= 15 is 0 Å². The molecule has 1 aliphatic heterocycles. The van der Waals surface area contributed by atoms with Gasteiger partial charge in [0.15, 0.2) is 0 Å². The summed E-state index contributed by atoms with van der Waals surface area (Å²) in [5.41, 5.74) is 5.32. The Bertz CT molecular complexity index is 159. The highest BCUT2D eigenvalue weighted by Crippen LogP contribution is 2.15. The molecule has 0 aliphatic carbocycles. The predicted molar refractivity (Wildman–Crippen MR) is 48.7 cm³/mol. The highest BCUT2D eigenvalue weighted by Gasteiger charge is 2.23. The van der Waals surface area contributed by atoms with E-state index in [1.54, 1.807) is 0 Å². The third-order valence-corrected chi connectivity index (χ3v) is 2.60. The van der Waals surface area contributed by atoms with E-state index in [9.17, 15) is 4.79 Å². The van der Waals surface area contributed by atoms with E-state index in [-0.39, 0.29) is 11.9 Å². The molecule has 1 aliphatic rings. The molecule has 1 atom stereocenters. The number of hydrogen-bond donors (Lipinski definition) is 1. The van der Waals surface area contributed by atoms with Gasteiger partial charge >= 0.3 is 0 Å².